The minimum absolute atomic E-state index is 0.138. The molecule has 0 fully saturated rings. The van der Waals surface area contributed by atoms with Gasteiger partial charge in [0.1, 0.15) is 5.02 Å². The first-order valence-electron chi connectivity index (χ1n) is 3.89. The summed E-state index contributed by atoms with van der Waals surface area (Å²) in [6.45, 7) is 1.89. The van der Waals surface area contributed by atoms with E-state index in [0.717, 1.165) is 5.69 Å². The zero-order valence-corrected chi connectivity index (χ0v) is 10.5. The highest BCUT2D eigenvalue weighted by Crippen LogP contribution is 2.30. The van der Waals surface area contributed by atoms with E-state index in [2.05, 4.69) is 15.0 Å². The molecule has 2 aromatic rings. The number of rotatable bonds is 1. The predicted octanol–water partition coefficient (Wildman–Crippen LogP) is 3.87. The number of halogens is 3. The Hall–Kier alpha value is -0.420. The lowest BCUT2D eigenvalue weighted by Gasteiger charge is -1.99. The molecule has 2 aromatic heterocycles. The number of hydrogen-bond acceptors (Lipinski definition) is 4. The maximum Gasteiger partial charge on any atom is 0.191 e. The number of hydrogen-bond donors (Lipinski definition) is 0. The first-order valence-corrected chi connectivity index (χ1v) is 5.90. The van der Waals surface area contributed by atoms with Crippen LogP contribution in [0.4, 0.5) is 0 Å². The van der Waals surface area contributed by atoms with Crippen LogP contribution in [0.3, 0.4) is 0 Å². The van der Waals surface area contributed by atoms with Crippen LogP contribution < -0.4 is 0 Å². The zero-order chi connectivity index (χ0) is 11.0. The second-order valence-corrected chi connectivity index (χ2v) is 4.69. The molecule has 2 rings (SSSR count). The van der Waals surface area contributed by atoms with Crippen LogP contribution in [0, 0.1) is 6.92 Å². The average molecular weight is 281 g/mol. The highest BCUT2D eigenvalue weighted by atomic mass is 35.5. The van der Waals surface area contributed by atoms with Crippen molar-refractivity contribution in [3.63, 3.8) is 0 Å². The quantitative estimate of drug-likeness (QED) is 0.744. The summed E-state index contributed by atoms with van der Waals surface area (Å²) in [7, 11) is 0. The molecule has 0 radical (unpaired) electrons. The van der Waals surface area contributed by atoms with Crippen molar-refractivity contribution in [3.8, 4) is 10.8 Å². The summed E-state index contributed by atoms with van der Waals surface area (Å²) in [5.41, 5.74) is 0.904. The van der Waals surface area contributed by atoms with Crippen LogP contribution in [-0.2, 0) is 0 Å². The summed E-state index contributed by atoms with van der Waals surface area (Å²) in [5, 5.41) is 3.01. The van der Waals surface area contributed by atoms with Crippen molar-refractivity contribution in [1.82, 2.24) is 15.0 Å². The molecule has 0 aromatic carbocycles. The first kappa shape index (κ1) is 11.1. The minimum Gasteiger partial charge on any atom is -0.238 e. The summed E-state index contributed by atoms with van der Waals surface area (Å²) in [6.07, 6.45) is 0. The van der Waals surface area contributed by atoms with Crippen molar-refractivity contribution in [2.24, 2.45) is 0 Å². The number of aromatic nitrogens is 3. The van der Waals surface area contributed by atoms with Crippen molar-refractivity contribution in [1.29, 1.82) is 0 Å². The molecule has 2 heterocycles. The Morgan fingerprint density at radius 3 is 2.13 bits per heavy atom. The molecule has 3 nitrogen and oxygen atoms in total. The second-order valence-electron chi connectivity index (χ2n) is 2.74. The Morgan fingerprint density at radius 1 is 1.07 bits per heavy atom. The van der Waals surface area contributed by atoms with E-state index in [9.17, 15) is 0 Å². The highest BCUT2D eigenvalue weighted by molar-refractivity contribution is 7.13. The van der Waals surface area contributed by atoms with E-state index in [0.29, 0.717) is 10.8 Å². The molecule has 0 spiro atoms. The molecule has 0 unspecified atom stereocenters. The SMILES string of the molecule is Cc1csc(-c2nc(Cl)c(Cl)c(Cl)n2)n1. The Kier molecular flexibility index (Phi) is 3.11. The first-order chi connectivity index (χ1) is 7.08. The minimum atomic E-state index is 0.138. The molecule has 0 saturated heterocycles. The van der Waals surface area contributed by atoms with Crippen LogP contribution in [0.25, 0.3) is 10.8 Å². The largest absolute Gasteiger partial charge is 0.238 e. The van der Waals surface area contributed by atoms with Gasteiger partial charge in [-0.3, -0.25) is 0 Å². The molecular formula is C8H4Cl3N3S. The molecule has 15 heavy (non-hydrogen) atoms. The summed E-state index contributed by atoms with van der Waals surface area (Å²) in [5.74, 6) is 0.396. The van der Waals surface area contributed by atoms with Crippen LogP contribution in [0.2, 0.25) is 15.3 Å². The van der Waals surface area contributed by atoms with Crippen molar-refractivity contribution in [3.05, 3.63) is 26.4 Å². The van der Waals surface area contributed by atoms with Gasteiger partial charge < -0.3 is 0 Å². The lowest BCUT2D eigenvalue weighted by atomic mass is 10.5. The van der Waals surface area contributed by atoms with Crippen LogP contribution >= 0.6 is 46.1 Å². The van der Waals surface area contributed by atoms with Crippen LogP contribution in [-0.4, -0.2) is 15.0 Å². The molecular weight excluding hydrogens is 277 g/mol. The van der Waals surface area contributed by atoms with Gasteiger partial charge in [-0.2, -0.15) is 0 Å². The summed E-state index contributed by atoms with van der Waals surface area (Å²) in [4.78, 5) is 12.2. The Bertz CT molecular complexity index is 489. The van der Waals surface area contributed by atoms with Gasteiger partial charge in [0.15, 0.2) is 21.1 Å². The average Bonchev–Trinajstić information content (AvgIpc) is 2.60. The smallest absolute Gasteiger partial charge is 0.191 e. The van der Waals surface area contributed by atoms with Crippen LogP contribution in [0.5, 0.6) is 0 Å². The van der Waals surface area contributed by atoms with Gasteiger partial charge in [-0.25, -0.2) is 15.0 Å². The maximum absolute atomic E-state index is 5.79. The molecule has 0 aliphatic heterocycles. The fourth-order valence-corrected chi connectivity index (χ4v) is 2.15. The van der Waals surface area contributed by atoms with Gasteiger partial charge in [0.05, 0.1) is 0 Å². The van der Waals surface area contributed by atoms with Gasteiger partial charge >= 0.3 is 0 Å². The Morgan fingerprint density at radius 2 is 1.67 bits per heavy atom. The normalized spacial score (nSPS) is 10.7. The standard InChI is InChI=1S/C8H4Cl3N3S/c1-3-2-15-8(12-3)7-13-5(10)4(9)6(11)14-7/h2H,1H3. The van der Waals surface area contributed by atoms with Crippen molar-refractivity contribution >= 4 is 46.1 Å². The van der Waals surface area contributed by atoms with E-state index in [1.165, 1.54) is 11.3 Å². The van der Waals surface area contributed by atoms with Crippen molar-refractivity contribution in [2.75, 3.05) is 0 Å². The molecule has 0 saturated carbocycles. The molecule has 0 atom stereocenters. The van der Waals surface area contributed by atoms with Crippen molar-refractivity contribution in [2.45, 2.75) is 6.92 Å². The summed E-state index contributed by atoms with van der Waals surface area (Å²) < 4.78 is 0. The Labute approximate surface area is 105 Å². The third kappa shape index (κ3) is 2.23. The second kappa shape index (κ2) is 4.22. The fraction of sp³-hybridized carbons (Fsp3) is 0.125. The molecule has 0 aliphatic rings. The van der Waals surface area contributed by atoms with Gasteiger partial charge in [0, 0.05) is 11.1 Å². The zero-order valence-electron chi connectivity index (χ0n) is 7.46. The molecule has 0 bridgehead atoms. The summed E-state index contributed by atoms with van der Waals surface area (Å²) in [6, 6.07) is 0. The van der Waals surface area contributed by atoms with E-state index >= 15 is 0 Å². The number of aryl methyl sites for hydroxylation is 1. The van der Waals surface area contributed by atoms with Gasteiger partial charge in [-0.05, 0) is 6.92 Å². The number of nitrogens with zero attached hydrogens (tertiary/aromatic N) is 3. The van der Waals surface area contributed by atoms with E-state index in [4.69, 9.17) is 34.8 Å². The van der Waals surface area contributed by atoms with Gasteiger partial charge in [0.25, 0.3) is 0 Å². The molecule has 0 aliphatic carbocycles. The molecule has 78 valence electrons. The van der Waals surface area contributed by atoms with Crippen LogP contribution in [0.1, 0.15) is 5.69 Å². The monoisotopic (exact) mass is 279 g/mol. The van der Waals surface area contributed by atoms with E-state index < -0.39 is 0 Å². The fourth-order valence-electron chi connectivity index (χ4n) is 0.947. The molecule has 7 heteroatoms. The molecule has 0 amide bonds. The van der Waals surface area contributed by atoms with E-state index in [-0.39, 0.29) is 15.3 Å². The number of thiazole rings is 1. The lowest BCUT2D eigenvalue weighted by Crippen LogP contribution is -1.91. The Balaban J connectivity index is 2.55. The van der Waals surface area contributed by atoms with Crippen LogP contribution in [0.15, 0.2) is 5.38 Å². The molecule has 0 N–H and O–H groups in total. The van der Waals surface area contributed by atoms with E-state index in [1.54, 1.807) is 0 Å². The third-order valence-corrected chi connectivity index (χ3v) is 3.64. The predicted molar refractivity (Wildman–Crippen MR) is 62.9 cm³/mol. The van der Waals surface area contributed by atoms with Gasteiger partial charge in [-0.1, -0.05) is 34.8 Å². The van der Waals surface area contributed by atoms with Gasteiger partial charge in [-0.15, -0.1) is 11.3 Å². The lowest BCUT2D eigenvalue weighted by molar-refractivity contribution is 1.15. The topological polar surface area (TPSA) is 38.7 Å². The van der Waals surface area contributed by atoms with Gasteiger partial charge in [0.2, 0.25) is 0 Å². The maximum atomic E-state index is 5.79. The van der Waals surface area contributed by atoms with E-state index in [1.807, 2.05) is 12.3 Å². The highest BCUT2D eigenvalue weighted by Gasteiger charge is 2.12. The third-order valence-electron chi connectivity index (χ3n) is 1.58. The van der Waals surface area contributed by atoms with Crippen molar-refractivity contribution < 1.29 is 0 Å². The summed E-state index contributed by atoms with van der Waals surface area (Å²) >= 11 is 18.7.